The molecule has 0 radical (unpaired) electrons. The van der Waals surface area contributed by atoms with Crippen molar-refractivity contribution in [2.24, 2.45) is 0 Å². The number of ether oxygens (including phenoxy) is 2. The van der Waals surface area contributed by atoms with Crippen LogP contribution in [0.25, 0.3) is 10.4 Å². The molecular formula is C16H18N2O3S3. The monoisotopic (exact) mass is 382 g/mol. The van der Waals surface area contributed by atoms with Gasteiger partial charge in [0, 0.05) is 29.0 Å². The van der Waals surface area contributed by atoms with Crippen LogP contribution in [0.2, 0.25) is 0 Å². The number of hydrogen-bond donors (Lipinski definition) is 2. The van der Waals surface area contributed by atoms with E-state index in [1.165, 1.54) is 18.4 Å². The molecular weight excluding hydrogens is 364 g/mol. The second-order valence-electron chi connectivity index (χ2n) is 5.29. The molecule has 8 heteroatoms. The minimum absolute atomic E-state index is 0.204. The van der Waals surface area contributed by atoms with Gasteiger partial charge in [-0.05, 0) is 36.5 Å². The smallest absolute Gasteiger partial charge is 0.341 e. The Morgan fingerprint density at radius 2 is 2.38 bits per heavy atom. The Balaban J connectivity index is 1.72. The van der Waals surface area contributed by atoms with Gasteiger partial charge in [-0.15, -0.1) is 22.7 Å². The number of thiophene rings is 2. The summed E-state index contributed by atoms with van der Waals surface area (Å²) in [6.07, 6.45) is 2.34. The van der Waals surface area contributed by atoms with Gasteiger partial charge in [-0.2, -0.15) is 0 Å². The first-order valence-corrected chi connectivity index (χ1v) is 9.76. The maximum Gasteiger partial charge on any atom is 0.341 e. The molecule has 2 aromatic rings. The summed E-state index contributed by atoms with van der Waals surface area (Å²) in [5.74, 6) is -0.371. The zero-order valence-electron chi connectivity index (χ0n) is 13.2. The molecule has 0 spiro atoms. The van der Waals surface area contributed by atoms with Crippen molar-refractivity contribution in [2.75, 3.05) is 25.6 Å². The Kier molecular flexibility index (Phi) is 5.83. The van der Waals surface area contributed by atoms with Gasteiger partial charge in [0.15, 0.2) is 5.11 Å². The molecule has 2 N–H and O–H groups in total. The number of hydrogen-bond acceptors (Lipinski definition) is 6. The Morgan fingerprint density at radius 3 is 3.04 bits per heavy atom. The molecule has 1 aliphatic heterocycles. The minimum atomic E-state index is -0.371. The molecule has 0 aliphatic carbocycles. The molecule has 2 aromatic heterocycles. The van der Waals surface area contributed by atoms with Crippen LogP contribution in [0.1, 0.15) is 23.2 Å². The minimum Gasteiger partial charge on any atom is -0.465 e. The van der Waals surface area contributed by atoms with Crippen LogP contribution in [0.3, 0.4) is 0 Å². The van der Waals surface area contributed by atoms with Gasteiger partial charge < -0.3 is 20.1 Å². The lowest BCUT2D eigenvalue weighted by atomic mass is 10.1. The van der Waals surface area contributed by atoms with Crippen LogP contribution in [-0.2, 0) is 9.47 Å². The van der Waals surface area contributed by atoms with Crippen LogP contribution < -0.4 is 10.6 Å². The van der Waals surface area contributed by atoms with Crippen molar-refractivity contribution in [3.63, 3.8) is 0 Å². The van der Waals surface area contributed by atoms with E-state index in [-0.39, 0.29) is 12.1 Å². The van der Waals surface area contributed by atoms with Crippen LogP contribution in [0.15, 0.2) is 22.9 Å². The van der Waals surface area contributed by atoms with Crippen LogP contribution in [-0.4, -0.2) is 37.4 Å². The molecule has 1 saturated heterocycles. The van der Waals surface area contributed by atoms with Crippen molar-refractivity contribution >= 4 is 51.0 Å². The summed E-state index contributed by atoms with van der Waals surface area (Å²) in [5, 5.41) is 11.4. The Morgan fingerprint density at radius 1 is 1.50 bits per heavy atom. The average Bonchev–Trinajstić information content (AvgIpc) is 3.32. The fraction of sp³-hybridized carbons (Fsp3) is 0.375. The van der Waals surface area contributed by atoms with E-state index in [9.17, 15) is 4.79 Å². The van der Waals surface area contributed by atoms with E-state index in [4.69, 9.17) is 21.7 Å². The van der Waals surface area contributed by atoms with Gasteiger partial charge in [-0.25, -0.2) is 4.79 Å². The Bertz CT molecular complexity index is 706. The lowest BCUT2D eigenvalue weighted by Gasteiger charge is -2.14. The number of thiocarbonyl (C=S) groups is 1. The molecule has 3 rings (SSSR count). The lowest BCUT2D eigenvalue weighted by Crippen LogP contribution is -2.34. The van der Waals surface area contributed by atoms with E-state index in [0.717, 1.165) is 29.9 Å². The van der Waals surface area contributed by atoms with E-state index in [2.05, 4.69) is 10.6 Å². The fourth-order valence-electron chi connectivity index (χ4n) is 2.53. The molecule has 0 bridgehead atoms. The van der Waals surface area contributed by atoms with Crippen molar-refractivity contribution < 1.29 is 14.3 Å². The summed E-state index contributed by atoms with van der Waals surface area (Å²) in [6, 6.07) is 3.94. The maximum atomic E-state index is 12.2. The third kappa shape index (κ3) is 3.94. The van der Waals surface area contributed by atoms with Crippen molar-refractivity contribution in [1.82, 2.24) is 5.32 Å². The molecule has 0 unspecified atom stereocenters. The number of nitrogens with one attached hydrogen (secondary N) is 2. The molecule has 128 valence electrons. The van der Waals surface area contributed by atoms with Crippen molar-refractivity contribution in [3.8, 4) is 10.4 Å². The lowest BCUT2D eigenvalue weighted by molar-refractivity contribution is 0.0603. The standard InChI is InChI=1S/C16H18N2O3S3/c1-20-15(19)13-11(12-5-3-7-23-12)9-24-14(13)18-16(22)17-8-10-4-2-6-21-10/h3,5,7,9-10H,2,4,6,8H2,1H3,(H2,17,18,22)/t10-/m1/s1. The van der Waals surface area contributed by atoms with Gasteiger partial charge in [0.05, 0.1) is 13.2 Å². The summed E-state index contributed by atoms with van der Waals surface area (Å²) in [4.78, 5) is 13.3. The highest BCUT2D eigenvalue weighted by Gasteiger charge is 2.22. The highest BCUT2D eigenvalue weighted by atomic mass is 32.1. The Hall–Kier alpha value is -1.48. The second kappa shape index (κ2) is 8.06. The van der Waals surface area contributed by atoms with Crippen molar-refractivity contribution in [2.45, 2.75) is 18.9 Å². The number of carbonyl (C=O) groups excluding carboxylic acids is 1. The normalized spacial score (nSPS) is 16.8. The van der Waals surface area contributed by atoms with Crippen LogP contribution in [0.5, 0.6) is 0 Å². The Labute approximate surface area is 154 Å². The van der Waals surface area contributed by atoms with Gasteiger partial charge >= 0.3 is 5.97 Å². The quantitative estimate of drug-likeness (QED) is 0.607. The van der Waals surface area contributed by atoms with Gasteiger partial charge in [0.25, 0.3) is 0 Å². The van der Waals surface area contributed by atoms with Gasteiger partial charge in [-0.1, -0.05) is 6.07 Å². The number of anilines is 1. The second-order valence-corrected chi connectivity index (χ2v) is 7.53. The molecule has 1 aliphatic rings. The maximum absolute atomic E-state index is 12.2. The predicted molar refractivity (Wildman–Crippen MR) is 102 cm³/mol. The van der Waals surface area contributed by atoms with E-state index in [1.54, 1.807) is 11.3 Å². The molecule has 3 heterocycles. The molecule has 1 atom stereocenters. The third-order valence-corrected chi connectivity index (χ3v) is 5.75. The number of esters is 1. The van der Waals surface area contributed by atoms with Crippen molar-refractivity contribution in [1.29, 1.82) is 0 Å². The van der Waals surface area contributed by atoms with Crippen LogP contribution in [0.4, 0.5) is 5.00 Å². The fourth-order valence-corrected chi connectivity index (χ4v) is 4.55. The van der Waals surface area contributed by atoms with E-state index in [0.29, 0.717) is 22.2 Å². The van der Waals surface area contributed by atoms with E-state index < -0.39 is 0 Å². The zero-order chi connectivity index (χ0) is 16.9. The van der Waals surface area contributed by atoms with Crippen LogP contribution >= 0.6 is 34.9 Å². The number of rotatable bonds is 5. The highest BCUT2D eigenvalue weighted by molar-refractivity contribution is 7.80. The summed E-state index contributed by atoms with van der Waals surface area (Å²) in [7, 11) is 1.38. The number of methoxy groups -OCH3 is 1. The third-order valence-electron chi connectivity index (χ3n) is 3.71. The van der Waals surface area contributed by atoms with E-state index in [1.807, 2.05) is 22.9 Å². The summed E-state index contributed by atoms with van der Waals surface area (Å²) in [6.45, 7) is 1.48. The molecule has 5 nitrogen and oxygen atoms in total. The summed E-state index contributed by atoms with van der Waals surface area (Å²) < 4.78 is 10.5. The van der Waals surface area contributed by atoms with Gasteiger partial charge in [0.2, 0.25) is 0 Å². The van der Waals surface area contributed by atoms with E-state index >= 15 is 0 Å². The zero-order valence-corrected chi connectivity index (χ0v) is 15.6. The molecule has 0 aromatic carbocycles. The largest absolute Gasteiger partial charge is 0.465 e. The highest BCUT2D eigenvalue weighted by Crippen LogP contribution is 2.38. The molecule has 24 heavy (non-hydrogen) atoms. The first-order valence-electron chi connectivity index (χ1n) is 7.59. The van der Waals surface area contributed by atoms with Gasteiger partial charge in [-0.3, -0.25) is 0 Å². The number of carbonyl (C=O) groups is 1. The predicted octanol–water partition coefficient (Wildman–Crippen LogP) is 3.73. The molecule has 0 saturated carbocycles. The first-order chi connectivity index (χ1) is 11.7. The summed E-state index contributed by atoms with van der Waals surface area (Å²) >= 11 is 8.37. The summed E-state index contributed by atoms with van der Waals surface area (Å²) in [5.41, 5.74) is 1.39. The van der Waals surface area contributed by atoms with Crippen LogP contribution in [0, 0.1) is 0 Å². The van der Waals surface area contributed by atoms with Crippen molar-refractivity contribution in [3.05, 3.63) is 28.5 Å². The van der Waals surface area contributed by atoms with Gasteiger partial charge in [0.1, 0.15) is 10.6 Å². The SMILES string of the molecule is COC(=O)c1c(-c2cccs2)csc1NC(=S)NC[C@H]1CCCO1. The topological polar surface area (TPSA) is 59.6 Å². The first kappa shape index (κ1) is 17.3. The molecule has 1 fully saturated rings. The average molecular weight is 383 g/mol. The molecule has 0 amide bonds.